The highest BCUT2D eigenvalue weighted by Crippen LogP contribution is 2.27. The zero-order valence-electron chi connectivity index (χ0n) is 10.1. The van der Waals surface area contributed by atoms with E-state index in [9.17, 15) is 4.79 Å². The Balaban J connectivity index is 2.00. The number of aromatic carboxylic acids is 1. The molecule has 0 amide bonds. The second-order valence-electron chi connectivity index (χ2n) is 4.41. The molecule has 0 aliphatic carbocycles. The molecule has 0 aromatic heterocycles. The van der Waals surface area contributed by atoms with Crippen LogP contribution in [0, 0.1) is 0 Å². The summed E-state index contributed by atoms with van der Waals surface area (Å²) in [6, 6.07) is 4.73. The molecule has 1 N–H and O–H groups in total. The number of ether oxygens (including phenoxy) is 2. The van der Waals surface area contributed by atoms with E-state index in [4.69, 9.17) is 14.6 Å². The first-order valence-electron chi connectivity index (χ1n) is 5.87. The minimum atomic E-state index is -0.960. The minimum absolute atomic E-state index is 0.0976. The highest BCUT2D eigenvalue weighted by Gasteiger charge is 2.22. The lowest BCUT2D eigenvalue weighted by atomic mass is 10.2. The lowest BCUT2D eigenvalue weighted by Gasteiger charge is -2.14. The third-order valence-electron chi connectivity index (χ3n) is 2.92. The number of carbonyl (C=O) groups is 1. The average Bonchev–Trinajstić information content (AvgIpc) is 2.74. The summed E-state index contributed by atoms with van der Waals surface area (Å²) in [5, 5.41) is 8.92. The Morgan fingerprint density at radius 1 is 1.56 bits per heavy atom. The quantitative estimate of drug-likeness (QED) is 0.927. The molecule has 18 heavy (non-hydrogen) atoms. The molecule has 98 valence electrons. The highest BCUT2D eigenvalue weighted by molar-refractivity contribution is 9.10. The van der Waals surface area contributed by atoms with Crippen molar-refractivity contribution in [1.29, 1.82) is 0 Å². The molecule has 2 atom stereocenters. The highest BCUT2D eigenvalue weighted by atomic mass is 79.9. The van der Waals surface area contributed by atoms with Gasteiger partial charge >= 0.3 is 5.97 Å². The van der Waals surface area contributed by atoms with Gasteiger partial charge in [0.2, 0.25) is 0 Å². The van der Waals surface area contributed by atoms with E-state index < -0.39 is 5.97 Å². The van der Waals surface area contributed by atoms with Gasteiger partial charge in [0.1, 0.15) is 12.4 Å². The first-order chi connectivity index (χ1) is 8.56. The van der Waals surface area contributed by atoms with Gasteiger partial charge in [0.25, 0.3) is 0 Å². The summed E-state index contributed by atoms with van der Waals surface area (Å²) >= 11 is 3.34. The monoisotopic (exact) mass is 314 g/mol. The second kappa shape index (κ2) is 5.71. The molecule has 2 unspecified atom stereocenters. The Hall–Kier alpha value is -1.07. The molecule has 1 aliphatic heterocycles. The van der Waals surface area contributed by atoms with Gasteiger partial charge in [-0.25, -0.2) is 4.79 Å². The van der Waals surface area contributed by atoms with Crippen molar-refractivity contribution >= 4 is 21.9 Å². The van der Waals surface area contributed by atoms with Crippen molar-refractivity contribution in [3.8, 4) is 5.75 Å². The van der Waals surface area contributed by atoms with Crippen molar-refractivity contribution in [2.75, 3.05) is 6.61 Å². The number of hydrogen-bond acceptors (Lipinski definition) is 3. The SMILES string of the molecule is CC1CCC(COc2cc(C(=O)O)ccc2Br)O1. The summed E-state index contributed by atoms with van der Waals surface area (Å²) in [5.41, 5.74) is 0.217. The van der Waals surface area contributed by atoms with Gasteiger partial charge in [-0.05, 0) is 53.9 Å². The van der Waals surface area contributed by atoms with Gasteiger partial charge in [-0.3, -0.25) is 0 Å². The number of halogens is 1. The molecule has 0 spiro atoms. The fourth-order valence-electron chi connectivity index (χ4n) is 1.94. The van der Waals surface area contributed by atoms with E-state index in [0.29, 0.717) is 12.4 Å². The molecule has 1 saturated heterocycles. The van der Waals surface area contributed by atoms with Crippen LogP contribution in [0.1, 0.15) is 30.1 Å². The van der Waals surface area contributed by atoms with Crippen LogP contribution in [-0.2, 0) is 4.74 Å². The maximum atomic E-state index is 10.9. The number of rotatable bonds is 4. The summed E-state index contributed by atoms with van der Waals surface area (Å²) in [7, 11) is 0. The molecule has 0 saturated carbocycles. The molecule has 2 rings (SSSR count). The van der Waals surface area contributed by atoms with Crippen LogP contribution in [0.4, 0.5) is 0 Å². The Morgan fingerprint density at radius 2 is 2.33 bits per heavy atom. The molecule has 0 bridgehead atoms. The molecule has 5 heteroatoms. The lowest BCUT2D eigenvalue weighted by Crippen LogP contribution is -2.18. The van der Waals surface area contributed by atoms with Crippen molar-refractivity contribution in [3.63, 3.8) is 0 Å². The van der Waals surface area contributed by atoms with E-state index in [0.717, 1.165) is 17.3 Å². The summed E-state index contributed by atoms with van der Waals surface area (Å²) in [4.78, 5) is 10.9. The van der Waals surface area contributed by atoms with Crippen molar-refractivity contribution in [2.24, 2.45) is 0 Å². The van der Waals surface area contributed by atoms with Gasteiger partial charge in [-0.2, -0.15) is 0 Å². The molecule has 1 heterocycles. The molecule has 0 radical (unpaired) electrons. The Bertz CT molecular complexity index is 447. The zero-order valence-corrected chi connectivity index (χ0v) is 11.6. The van der Waals surface area contributed by atoms with Crippen LogP contribution in [0.5, 0.6) is 5.75 Å². The largest absolute Gasteiger partial charge is 0.490 e. The molecular weight excluding hydrogens is 300 g/mol. The van der Waals surface area contributed by atoms with Crippen molar-refractivity contribution in [1.82, 2.24) is 0 Å². The summed E-state index contributed by atoms with van der Waals surface area (Å²) in [6.07, 6.45) is 2.41. The van der Waals surface area contributed by atoms with Crippen LogP contribution >= 0.6 is 15.9 Å². The predicted molar refractivity (Wildman–Crippen MR) is 70.2 cm³/mol. The molecular formula is C13H15BrO4. The van der Waals surface area contributed by atoms with Gasteiger partial charge in [0.05, 0.1) is 22.2 Å². The predicted octanol–water partition coefficient (Wildman–Crippen LogP) is 3.09. The first kappa shape index (κ1) is 13.4. The Morgan fingerprint density at radius 3 is 2.94 bits per heavy atom. The van der Waals surface area contributed by atoms with E-state index in [1.807, 2.05) is 6.92 Å². The maximum Gasteiger partial charge on any atom is 0.335 e. The standard InChI is InChI=1S/C13H15BrO4/c1-8-2-4-10(18-8)7-17-12-6-9(13(15)16)3-5-11(12)14/h3,5-6,8,10H,2,4,7H2,1H3,(H,15,16). The number of hydrogen-bond donors (Lipinski definition) is 1. The molecule has 1 aromatic carbocycles. The van der Waals surface area contributed by atoms with Crippen LogP contribution in [0.15, 0.2) is 22.7 Å². The van der Waals surface area contributed by atoms with E-state index in [1.165, 1.54) is 12.1 Å². The Kier molecular flexibility index (Phi) is 4.24. The van der Waals surface area contributed by atoms with E-state index >= 15 is 0 Å². The summed E-state index contributed by atoms with van der Waals surface area (Å²) in [5.74, 6) is -0.420. The third kappa shape index (κ3) is 3.23. The molecule has 1 aromatic rings. The number of benzene rings is 1. The first-order valence-corrected chi connectivity index (χ1v) is 6.66. The smallest absolute Gasteiger partial charge is 0.335 e. The van der Waals surface area contributed by atoms with Crippen molar-refractivity contribution in [3.05, 3.63) is 28.2 Å². The minimum Gasteiger partial charge on any atom is -0.490 e. The Labute approximate surface area is 114 Å². The van der Waals surface area contributed by atoms with Crippen molar-refractivity contribution in [2.45, 2.75) is 32.0 Å². The lowest BCUT2D eigenvalue weighted by molar-refractivity contribution is 0.0263. The molecule has 4 nitrogen and oxygen atoms in total. The number of carboxylic acids is 1. The topological polar surface area (TPSA) is 55.8 Å². The van der Waals surface area contributed by atoms with Crippen LogP contribution in [0.2, 0.25) is 0 Å². The van der Waals surface area contributed by atoms with E-state index in [1.54, 1.807) is 6.07 Å². The van der Waals surface area contributed by atoms with Gasteiger partial charge < -0.3 is 14.6 Å². The number of carboxylic acid groups (broad SMARTS) is 1. The van der Waals surface area contributed by atoms with Gasteiger partial charge in [0, 0.05) is 0 Å². The van der Waals surface area contributed by atoms with Gasteiger partial charge in [-0.15, -0.1) is 0 Å². The maximum absolute atomic E-state index is 10.9. The average molecular weight is 315 g/mol. The summed E-state index contributed by atoms with van der Waals surface area (Å²) < 4.78 is 12.0. The van der Waals surface area contributed by atoms with Crippen LogP contribution in [0.3, 0.4) is 0 Å². The third-order valence-corrected chi connectivity index (χ3v) is 3.58. The zero-order chi connectivity index (χ0) is 13.1. The second-order valence-corrected chi connectivity index (χ2v) is 5.26. The molecule has 1 fully saturated rings. The van der Waals surface area contributed by atoms with E-state index in [2.05, 4.69) is 15.9 Å². The molecule has 1 aliphatic rings. The normalized spacial score (nSPS) is 23.0. The van der Waals surface area contributed by atoms with Crippen LogP contribution < -0.4 is 4.74 Å². The summed E-state index contributed by atoms with van der Waals surface area (Å²) in [6.45, 7) is 2.49. The van der Waals surface area contributed by atoms with Crippen molar-refractivity contribution < 1.29 is 19.4 Å². The fraction of sp³-hybridized carbons (Fsp3) is 0.462. The van der Waals surface area contributed by atoms with Crippen LogP contribution in [0.25, 0.3) is 0 Å². The van der Waals surface area contributed by atoms with E-state index in [-0.39, 0.29) is 17.8 Å². The van der Waals surface area contributed by atoms with Gasteiger partial charge in [0.15, 0.2) is 0 Å². The van der Waals surface area contributed by atoms with Gasteiger partial charge in [-0.1, -0.05) is 0 Å². The fourth-order valence-corrected chi connectivity index (χ4v) is 2.30. The van der Waals surface area contributed by atoms with Crippen LogP contribution in [-0.4, -0.2) is 29.9 Å².